The molecule has 0 spiro atoms. The molecule has 9 heteroatoms. The number of amides is 2. The molecule has 1 unspecified atom stereocenters. The van der Waals surface area contributed by atoms with Crippen LogP contribution in [0, 0.1) is 5.92 Å². The van der Waals surface area contributed by atoms with E-state index < -0.39 is 12.0 Å². The number of fused-ring (bicyclic) bond motifs is 1. The highest BCUT2D eigenvalue weighted by atomic mass is 16.5. The van der Waals surface area contributed by atoms with Crippen LogP contribution in [0.3, 0.4) is 0 Å². The Morgan fingerprint density at radius 3 is 2.57 bits per heavy atom. The lowest BCUT2D eigenvalue weighted by atomic mass is 9.91. The van der Waals surface area contributed by atoms with Gasteiger partial charge in [0, 0.05) is 38.2 Å². The molecule has 2 N–H and O–H groups in total. The molecule has 1 aromatic heterocycles. The van der Waals surface area contributed by atoms with E-state index in [2.05, 4.69) is 10.3 Å². The maximum absolute atomic E-state index is 13.4. The average Bonchev–Trinajstić information content (AvgIpc) is 3.33. The van der Waals surface area contributed by atoms with Crippen LogP contribution in [0.1, 0.15) is 24.6 Å². The molecule has 35 heavy (non-hydrogen) atoms. The zero-order chi connectivity index (χ0) is 24.8. The first-order valence-electron chi connectivity index (χ1n) is 11.8. The van der Waals surface area contributed by atoms with Gasteiger partial charge in [0.05, 0.1) is 24.8 Å². The van der Waals surface area contributed by atoms with Crippen LogP contribution in [0.5, 0.6) is 0 Å². The molecule has 2 aromatic carbocycles. The zero-order valence-electron chi connectivity index (χ0n) is 19.7. The van der Waals surface area contributed by atoms with E-state index in [1.807, 2.05) is 49.4 Å². The molecule has 2 atom stereocenters. The number of nitrogens with one attached hydrogen (secondary N) is 1. The number of carbonyl (C=O) groups is 3. The number of hydrogen-bond donors (Lipinski definition) is 2. The van der Waals surface area contributed by atoms with Gasteiger partial charge in [0.25, 0.3) is 0 Å². The predicted octanol–water partition coefficient (Wildman–Crippen LogP) is 2.72. The molecule has 0 radical (unpaired) electrons. The van der Waals surface area contributed by atoms with Crippen molar-refractivity contribution in [2.24, 2.45) is 5.92 Å². The fraction of sp³-hybridized carbons (Fsp3) is 0.385. The molecule has 1 fully saturated rings. The molecule has 1 aliphatic heterocycles. The minimum atomic E-state index is -1.11. The van der Waals surface area contributed by atoms with Gasteiger partial charge in [-0.3, -0.25) is 9.59 Å². The molecular formula is C26H30N4O5. The number of ether oxygens (including phenoxy) is 1. The molecule has 2 amide bonds. The predicted molar refractivity (Wildman–Crippen MR) is 130 cm³/mol. The summed E-state index contributed by atoms with van der Waals surface area (Å²) in [6.07, 6.45) is 2.47. The van der Waals surface area contributed by atoms with Crippen LogP contribution in [-0.4, -0.2) is 69.8 Å². The van der Waals surface area contributed by atoms with Crippen molar-refractivity contribution in [2.45, 2.75) is 32.2 Å². The van der Waals surface area contributed by atoms with E-state index in [-0.39, 0.29) is 24.3 Å². The molecule has 1 saturated heterocycles. The number of hydrogen-bond acceptors (Lipinski definition) is 5. The molecular weight excluding hydrogens is 448 g/mol. The first kappa shape index (κ1) is 24.4. The number of carbonyl (C=O) groups excluding carboxylic acids is 2. The second kappa shape index (κ2) is 11.1. The summed E-state index contributed by atoms with van der Waals surface area (Å²) in [6, 6.07) is 13.7. The summed E-state index contributed by atoms with van der Waals surface area (Å²) in [5.74, 6) is -0.804. The van der Waals surface area contributed by atoms with Crippen LogP contribution in [0.2, 0.25) is 0 Å². The van der Waals surface area contributed by atoms with Gasteiger partial charge in [0.1, 0.15) is 6.33 Å². The number of morpholine rings is 1. The standard InChI is InChI=1S/C26H30N4O5/c1-18(13-22-16-30(17-27-22)26(33)34)28-25(32)21(15-24(31)29-9-11-35-12-10-29)14-20-7-4-6-19-5-2-3-8-23(19)20/h2-8,16-18,21H,9-15H2,1H3,(H,28,32)(H,33,34)/t18-,21?/m1/s1. The lowest BCUT2D eigenvalue weighted by molar-refractivity contribution is -0.139. The Bertz CT molecular complexity index is 1200. The van der Waals surface area contributed by atoms with Crippen LogP contribution >= 0.6 is 0 Å². The second-order valence-electron chi connectivity index (χ2n) is 8.91. The number of nitrogens with zero attached hydrogens (tertiary/aromatic N) is 3. The van der Waals surface area contributed by atoms with Crippen molar-refractivity contribution in [1.82, 2.24) is 19.8 Å². The van der Waals surface area contributed by atoms with Gasteiger partial charge in [0.15, 0.2) is 0 Å². The summed E-state index contributed by atoms with van der Waals surface area (Å²) in [5, 5.41) is 14.2. The maximum Gasteiger partial charge on any atom is 0.416 e. The molecule has 9 nitrogen and oxygen atoms in total. The smallest absolute Gasteiger partial charge is 0.416 e. The zero-order valence-corrected chi connectivity index (χ0v) is 19.7. The molecule has 0 bridgehead atoms. The Morgan fingerprint density at radius 2 is 1.83 bits per heavy atom. The molecule has 0 saturated carbocycles. The number of imidazole rings is 1. The maximum atomic E-state index is 13.4. The molecule has 2 heterocycles. The van der Waals surface area contributed by atoms with Crippen LogP contribution in [0.4, 0.5) is 4.79 Å². The van der Waals surface area contributed by atoms with Gasteiger partial charge in [-0.15, -0.1) is 0 Å². The van der Waals surface area contributed by atoms with E-state index in [0.29, 0.717) is 44.8 Å². The monoisotopic (exact) mass is 478 g/mol. The highest BCUT2D eigenvalue weighted by Gasteiger charge is 2.27. The van der Waals surface area contributed by atoms with Gasteiger partial charge in [0.2, 0.25) is 11.8 Å². The molecule has 184 valence electrons. The summed E-state index contributed by atoms with van der Waals surface area (Å²) in [5.41, 5.74) is 1.58. The lowest BCUT2D eigenvalue weighted by Gasteiger charge is -2.29. The number of carboxylic acid groups (broad SMARTS) is 1. The number of rotatable bonds is 8. The lowest BCUT2D eigenvalue weighted by Crippen LogP contribution is -2.44. The van der Waals surface area contributed by atoms with Crippen molar-refractivity contribution in [2.75, 3.05) is 26.3 Å². The van der Waals surface area contributed by atoms with E-state index >= 15 is 0 Å². The first-order valence-corrected chi connectivity index (χ1v) is 11.8. The summed E-state index contributed by atoms with van der Waals surface area (Å²) in [4.78, 5) is 43.4. The van der Waals surface area contributed by atoms with Crippen molar-refractivity contribution < 1.29 is 24.2 Å². The largest absolute Gasteiger partial charge is 0.464 e. The Kier molecular flexibility index (Phi) is 7.77. The molecule has 4 rings (SSSR count). The van der Waals surface area contributed by atoms with Gasteiger partial charge in [-0.25, -0.2) is 14.3 Å². The Labute approximate surface area is 203 Å². The third-order valence-electron chi connectivity index (χ3n) is 6.26. The summed E-state index contributed by atoms with van der Waals surface area (Å²) < 4.78 is 6.33. The fourth-order valence-corrected chi connectivity index (χ4v) is 4.45. The SMILES string of the molecule is C[C@H](Cc1cn(C(=O)O)cn1)NC(=O)C(CC(=O)N1CCOCC1)Cc1cccc2ccccc12. The Hall–Kier alpha value is -3.72. The van der Waals surface area contributed by atoms with E-state index in [4.69, 9.17) is 9.84 Å². The second-order valence-corrected chi connectivity index (χ2v) is 8.91. The van der Waals surface area contributed by atoms with Crippen LogP contribution in [0.25, 0.3) is 10.8 Å². The quantitative estimate of drug-likeness (QED) is 0.515. The van der Waals surface area contributed by atoms with E-state index in [1.165, 1.54) is 12.5 Å². The van der Waals surface area contributed by atoms with Crippen molar-refractivity contribution in [3.8, 4) is 0 Å². The molecule has 1 aliphatic rings. The van der Waals surface area contributed by atoms with Crippen molar-refractivity contribution in [1.29, 1.82) is 0 Å². The fourth-order valence-electron chi connectivity index (χ4n) is 4.45. The highest BCUT2D eigenvalue weighted by molar-refractivity contribution is 5.89. The third-order valence-corrected chi connectivity index (χ3v) is 6.26. The van der Waals surface area contributed by atoms with E-state index in [1.54, 1.807) is 4.90 Å². The number of benzene rings is 2. The van der Waals surface area contributed by atoms with E-state index in [0.717, 1.165) is 20.9 Å². The normalized spacial score (nSPS) is 15.5. The minimum absolute atomic E-state index is 0.0541. The Balaban J connectivity index is 1.49. The van der Waals surface area contributed by atoms with E-state index in [9.17, 15) is 14.4 Å². The minimum Gasteiger partial charge on any atom is -0.464 e. The van der Waals surface area contributed by atoms with Gasteiger partial charge < -0.3 is 20.1 Å². The van der Waals surface area contributed by atoms with Gasteiger partial charge in [-0.2, -0.15) is 0 Å². The van der Waals surface area contributed by atoms with Crippen LogP contribution < -0.4 is 5.32 Å². The van der Waals surface area contributed by atoms with Crippen LogP contribution in [0.15, 0.2) is 55.0 Å². The average molecular weight is 479 g/mol. The van der Waals surface area contributed by atoms with Crippen LogP contribution in [-0.2, 0) is 27.2 Å². The topological polar surface area (TPSA) is 114 Å². The number of aromatic nitrogens is 2. The van der Waals surface area contributed by atoms with Crippen molar-refractivity contribution >= 4 is 28.7 Å². The van der Waals surface area contributed by atoms with Crippen molar-refractivity contribution in [3.63, 3.8) is 0 Å². The van der Waals surface area contributed by atoms with Gasteiger partial charge in [-0.05, 0) is 29.7 Å². The third kappa shape index (κ3) is 6.24. The highest BCUT2D eigenvalue weighted by Crippen LogP contribution is 2.23. The van der Waals surface area contributed by atoms with Gasteiger partial charge >= 0.3 is 6.09 Å². The van der Waals surface area contributed by atoms with Gasteiger partial charge in [-0.1, -0.05) is 42.5 Å². The molecule has 3 aromatic rings. The Morgan fingerprint density at radius 1 is 1.09 bits per heavy atom. The summed E-state index contributed by atoms with van der Waals surface area (Å²) in [7, 11) is 0. The summed E-state index contributed by atoms with van der Waals surface area (Å²) >= 11 is 0. The first-order chi connectivity index (χ1) is 16.9. The van der Waals surface area contributed by atoms with Crippen molar-refractivity contribution in [3.05, 3.63) is 66.2 Å². The summed E-state index contributed by atoms with van der Waals surface area (Å²) in [6.45, 7) is 3.92. The molecule has 0 aliphatic carbocycles.